The second kappa shape index (κ2) is 6.40. The quantitative estimate of drug-likeness (QED) is 0.570. The first-order chi connectivity index (χ1) is 9.06. The second-order valence-corrected chi connectivity index (χ2v) is 6.78. The van der Waals surface area contributed by atoms with E-state index in [-0.39, 0.29) is 11.0 Å². The molecule has 0 amide bonds. The molecule has 0 aromatic heterocycles. The van der Waals surface area contributed by atoms with Crippen LogP contribution in [0.4, 0.5) is 0 Å². The van der Waals surface area contributed by atoms with E-state index in [4.69, 9.17) is 0 Å². The van der Waals surface area contributed by atoms with E-state index in [2.05, 4.69) is 35.0 Å². The molecule has 1 atom stereocenters. The smallest absolute Gasteiger partial charge is 0.175 e. The SMILES string of the molecule is Cc1cccc(SC(C)C(=O)c2ccc(Br)cc2)c1. The second-order valence-electron chi connectivity index (χ2n) is 4.45. The summed E-state index contributed by atoms with van der Waals surface area (Å²) in [4.78, 5) is 13.4. The van der Waals surface area contributed by atoms with E-state index in [1.165, 1.54) is 5.56 Å². The van der Waals surface area contributed by atoms with E-state index in [1.807, 2.05) is 43.3 Å². The van der Waals surface area contributed by atoms with Crippen molar-refractivity contribution in [2.45, 2.75) is 24.0 Å². The van der Waals surface area contributed by atoms with E-state index in [1.54, 1.807) is 11.8 Å². The van der Waals surface area contributed by atoms with Crippen LogP contribution in [0.3, 0.4) is 0 Å². The molecule has 0 aliphatic rings. The molecule has 3 heteroatoms. The monoisotopic (exact) mass is 334 g/mol. The Morgan fingerprint density at radius 1 is 1.16 bits per heavy atom. The molecule has 0 saturated heterocycles. The number of thioether (sulfide) groups is 1. The molecule has 2 aromatic carbocycles. The zero-order chi connectivity index (χ0) is 13.8. The van der Waals surface area contributed by atoms with E-state index in [0.717, 1.165) is 14.9 Å². The van der Waals surface area contributed by atoms with Gasteiger partial charge in [0.15, 0.2) is 5.78 Å². The van der Waals surface area contributed by atoms with Gasteiger partial charge in [0.1, 0.15) is 0 Å². The standard InChI is InChI=1S/C16H15BrOS/c1-11-4-3-5-15(10-11)19-12(2)16(18)13-6-8-14(17)9-7-13/h3-10,12H,1-2H3. The Balaban J connectivity index is 2.09. The van der Waals surface area contributed by atoms with E-state index >= 15 is 0 Å². The fourth-order valence-electron chi connectivity index (χ4n) is 1.80. The Morgan fingerprint density at radius 3 is 2.47 bits per heavy atom. The van der Waals surface area contributed by atoms with Gasteiger partial charge in [0, 0.05) is 14.9 Å². The Hall–Kier alpha value is -1.06. The van der Waals surface area contributed by atoms with Gasteiger partial charge in [0.2, 0.25) is 0 Å². The molecule has 1 nitrogen and oxygen atoms in total. The van der Waals surface area contributed by atoms with E-state index in [9.17, 15) is 4.79 Å². The molecule has 0 bridgehead atoms. The molecule has 0 saturated carbocycles. The van der Waals surface area contributed by atoms with Gasteiger partial charge in [0.25, 0.3) is 0 Å². The molecule has 1 unspecified atom stereocenters. The third kappa shape index (κ3) is 3.95. The van der Waals surface area contributed by atoms with Crippen molar-refractivity contribution in [3.8, 4) is 0 Å². The van der Waals surface area contributed by atoms with Crippen molar-refractivity contribution >= 4 is 33.5 Å². The lowest BCUT2D eigenvalue weighted by atomic mass is 10.1. The number of rotatable bonds is 4. The number of hydrogen-bond acceptors (Lipinski definition) is 2. The summed E-state index contributed by atoms with van der Waals surface area (Å²) in [5.74, 6) is 0.166. The lowest BCUT2D eigenvalue weighted by Crippen LogP contribution is -2.13. The van der Waals surface area contributed by atoms with Crippen LogP contribution in [0.25, 0.3) is 0 Å². The van der Waals surface area contributed by atoms with Gasteiger partial charge in [-0.15, -0.1) is 11.8 Å². The Bertz CT molecular complexity index is 578. The van der Waals surface area contributed by atoms with Crippen LogP contribution in [0, 0.1) is 6.92 Å². The molecule has 0 aliphatic heterocycles. The third-order valence-electron chi connectivity index (χ3n) is 2.80. The zero-order valence-corrected chi connectivity index (χ0v) is 13.3. The van der Waals surface area contributed by atoms with Crippen molar-refractivity contribution < 1.29 is 4.79 Å². The summed E-state index contributed by atoms with van der Waals surface area (Å²) in [5, 5.41) is -0.0806. The number of hydrogen-bond donors (Lipinski definition) is 0. The molecule has 19 heavy (non-hydrogen) atoms. The summed E-state index contributed by atoms with van der Waals surface area (Å²) in [6.07, 6.45) is 0. The number of ketones is 1. The van der Waals surface area contributed by atoms with Crippen LogP contribution in [0.15, 0.2) is 57.9 Å². The van der Waals surface area contributed by atoms with Gasteiger partial charge in [-0.25, -0.2) is 0 Å². The van der Waals surface area contributed by atoms with Crippen LogP contribution >= 0.6 is 27.7 Å². The summed E-state index contributed by atoms with van der Waals surface area (Å²) in [5.41, 5.74) is 1.98. The van der Waals surface area contributed by atoms with Crippen LogP contribution in [0.1, 0.15) is 22.8 Å². The molecule has 0 aliphatic carbocycles. The highest BCUT2D eigenvalue weighted by Crippen LogP contribution is 2.26. The lowest BCUT2D eigenvalue weighted by molar-refractivity contribution is 0.0994. The van der Waals surface area contributed by atoms with Crippen molar-refractivity contribution in [2.24, 2.45) is 0 Å². The van der Waals surface area contributed by atoms with Gasteiger partial charge in [-0.3, -0.25) is 4.79 Å². The topological polar surface area (TPSA) is 17.1 Å². The van der Waals surface area contributed by atoms with Crippen molar-refractivity contribution in [1.29, 1.82) is 0 Å². The highest BCUT2D eigenvalue weighted by atomic mass is 79.9. The maximum atomic E-state index is 12.3. The van der Waals surface area contributed by atoms with Crippen LogP contribution in [0.2, 0.25) is 0 Å². The maximum absolute atomic E-state index is 12.3. The first-order valence-corrected chi connectivity index (χ1v) is 7.76. The molecular weight excluding hydrogens is 320 g/mol. The van der Waals surface area contributed by atoms with Crippen molar-refractivity contribution in [3.63, 3.8) is 0 Å². The average Bonchev–Trinajstić information content (AvgIpc) is 2.39. The van der Waals surface area contributed by atoms with Crippen molar-refractivity contribution in [1.82, 2.24) is 0 Å². The molecule has 0 fully saturated rings. The lowest BCUT2D eigenvalue weighted by Gasteiger charge is -2.11. The Labute approximate surface area is 126 Å². The van der Waals surface area contributed by atoms with Crippen LogP contribution < -0.4 is 0 Å². The zero-order valence-electron chi connectivity index (χ0n) is 10.9. The summed E-state index contributed by atoms with van der Waals surface area (Å²) in [7, 11) is 0. The van der Waals surface area contributed by atoms with Gasteiger partial charge in [0.05, 0.1) is 5.25 Å². The number of benzene rings is 2. The fraction of sp³-hybridized carbons (Fsp3) is 0.188. The minimum absolute atomic E-state index is 0.0806. The largest absolute Gasteiger partial charge is 0.293 e. The number of aryl methyl sites for hydroxylation is 1. The molecule has 2 rings (SSSR count). The van der Waals surface area contributed by atoms with Gasteiger partial charge >= 0.3 is 0 Å². The van der Waals surface area contributed by atoms with Crippen molar-refractivity contribution in [2.75, 3.05) is 0 Å². The molecule has 98 valence electrons. The van der Waals surface area contributed by atoms with Gasteiger partial charge in [-0.2, -0.15) is 0 Å². The van der Waals surface area contributed by atoms with E-state index in [0.29, 0.717) is 0 Å². The highest BCUT2D eigenvalue weighted by Gasteiger charge is 2.16. The normalized spacial score (nSPS) is 12.2. The minimum Gasteiger partial charge on any atom is -0.293 e. The third-order valence-corrected chi connectivity index (χ3v) is 4.42. The molecule has 2 aromatic rings. The molecule has 0 spiro atoms. The first kappa shape index (κ1) is 14.4. The number of Topliss-reactive ketones (excluding diaryl/α,β-unsaturated/α-hetero) is 1. The summed E-state index contributed by atoms with van der Waals surface area (Å²) in [6, 6.07) is 15.8. The number of carbonyl (C=O) groups is 1. The molecule has 0 heterocycles. The first-order valence-electron chi connectivity index (χ1n) is 6.09. The predicted octanol–water partition coefficient (Wildman–Crippen LogP) is 5.12. The fourth-order valence-corrected chi connectivity index (χ4v) is 3.12. The summed E-state index contributed by atoms with van der Waals surface area (Å²) in [6.45, 7) is 4.02. The summed E-state index contributed by atoms with van der Waals surface area (Å²) >= 11 is 4.98. The number of carbonyl (C=O) groups excluding carboxylic acids is 1. The average molecular weight is 335 g/mol. The van der Waals surface area contributed by atoms with Gasteiger partial charge in [-0.1, -0.05) is 45.8 Å². The molecule has 0 N–H and O–H groups in total. The summed E-state index contributed by atoms with van der Waals surface area (Å²) < 4.78 is 0.989. The van der Waals surface area contributed by atoms with E-state index < -0.39 is 0 Å². The predicted molar refractivity (Wildman–Crippen MR) is 85.0 cm³/mol. The maximum Gasteiger partial charge on any atom is 0.175 e. The highest BCUT2D eigenvalue weighted by molar-refractivity contribution is 9.10. The molecule has 0 radical (unpaired) electrons. The van der Waals surface area contributed by atoms with Crippen LogP contribution in [-0.2, 0) is 0 Å². The van der Waals surface area contributed by atoms with Crippen LogP contribution in [-0.4, -0.2) is 11.0 Å². The minimum atomic E-state index is -0.0806. The Kier molecular flexibility index (Phi) is 4.83. The van der Waals surface area contributed by atoms with Crippen LogP contribution in [0.5, 0.6) is 0 Å². The molecular formula is C16H15BrOS. The number of halogens is 1. The van der Waals surface area contributed by atoms with Crippen molar-refractivity contribution in [3.05, 3.63) is 64.1 Å². The van der Waals surface area contributed by atoms with Gasteiger partial charge in [-0.05, 0) is 38.1 Å². The Morgan fingerprint density at radius 2 is 1.84 bits per heavy atom. The van der Waals surface area contributed by atoms with Gasteiger partial charge < -0.3 is 0 Å².